The number of carbonyl (C=O) groups excluding carboxylic acids is 2. The molecule has 1 amide bonds. The Labute approximate surface area is 196 Å². The molecule has 0 radical (unpaired) electrons. The SMILES string of the molecule is COC(=O)c1cnc(N2CCN(C3CCN(C(=O)OC(C)(C)C)CC3)C3(C[C@H]3C)C2)c(C)n1. The number of esters is 1. The maximum absolute atomic E-state index is 12.4. The lowest BCUT2D eigenvalue weighted by Gasteiger charge is -2.49. The molecule has 1 saturated carbocycles. The first-order valence-corrected chi connectivity index (χ1v) is 12.0. The van der Waals surface area contributed by atoms with Crippen LogP contribution in [0.1, 0.15) is 63.1 Å². The van der Waals surface area contributed by atoms with E-state index in [1.807, 2.05) is 32.6 Å². The van der Waals surface area contributed by atoms with Gasteiger partial charge in [0, 0.05) is 44.3 Å². The van der Waals surface area contributed by atoms with Crippen molar-refractivity contribution < 1.29 is 19.1 Å². The van der Waals surface area contributed by atoms with Crippen LogP contribution >= 0.6 is 0 Å². The van der Waals surface area contributed by atoms with Crippen molar-refractivity contribution in [3.05, 3.63) is 17.6 Å². The smallest absolute Gasteiger partial charge is 0.410 e. The Morgan fingerprint density at radius 2 is 1.82 bits per heavy atom. The number of aryl methyl sites for hydroxylation is 1. The summed E-state index contributed by atoms with van der Waals surface area (Å²) in [4.78, 5) is 40.1. The Morgan fingerprint density at radius 3 is 2.36 bits per heavy atom. The number of ether oxygens (including phenoxy) is 2. The van der Waals surface area contributed by atoms with E-state index in [1.165, 1.54) is 19.7 Å². The molecule has 1 unspecified atom stereocenters. The summed E-state index contributed by atoms with van der Waals surface area (Å²) in [5, 5.41) is 0. The number of anilines is 1. The van der Waals surface area contributed by atoms with Crippen LogP contribution in [0.15, 0.2) is 6.20 Å². The third-order valence-electron chi connectivity index (χ3n) is 7.24. The minimum atomic E-state index is -0.466. The lowest BCUT2D eigenvalue weighted by atomic mass is 9.97. The minimum Gasteiger partial charge on any atom is -0.464 e. The van der Waals surface area contributed by atoms with Gasteiger partial charge < -0.3 is 19.3 Å². The second-order valence-electron chi connectivity index (χ2n) is 10.7. The highest BCUT2D eigenvalue weighted by atomic mass is 16.6. The average molecular weight is 460 g/mol. The lowest BCUT2D eigenvalue weighted by Crippen LogP contribution is -2.61. The number of nitrogens with zero attached hydrogens (tertiary/aromatic N) is 5. The molecular formula is C24H37N5O4. The predicted molar refractivity (Wildman–Crippen MR) is 124 cm³/mol. The Morgan fingerprint density at radius 1 is 1.15 bits per heavy atom. The van der Waals surface area contributed by atoms with E-state index in [-0.39, 0.29) is 17.3 Å². The molecule has 1 spiro atoms. The second-order valence-corrected chi connectivity index (χ2v) is 10.7. The summed E-state index contributed by atoms with van der Waals surface area (Å²) >= 11 is 0. The predicted octanol–water partition coefficient (Wildman–Crippen LogP) is 2.87. The molecule has 3 heterocycles. The molecule has 0 aromatic carbocycles. The zero-order valence-electron chi connectivity index (χ0n) is 20.8. The highest BCUT2D eigenvalue weighted by Crippen LogP contribution is 2.52. The Kier molecular flexibility index (Phi) is 6.28. The molecule has 182 valence electrons. The van der Waals surface area contributed by atoms with E-state index in [9.17, 15) is 9.59 Å². The van der Waals surface area contributed by atoms with Gasteiger partial charge in [-0.15, -0.1) is 0 Å². The number of hydrogen-bond donors (Lipinski definition) is 0. The van der Waals surface area contributed by atoms with Crippen molar-refractivity contribution in [2.45, 2.75) is 71.1 Å². The fourth-order valence-electron chi connectivity index (χ4n) is 5.45. The van der Waals surface area contributed by atoms with Gasteiger partial charge in [0.2, 0.25) is 0 Å². The van der Waals surface area contributed by atoms with Gasteiger partial charge in [0.15, 0.2) is 5.69 Å². The highest BCUT2D eigenvalue weighted by Gasteiger charge is 2.59. The summed E-state index contributed by atoms with van der Waals surface area (Å²) < 4.78 is 10.3. The maximum Gasteiger partial charge on any atom is 0.410 e. The van der Waals surface area contributed by atoms with Crippen molar-refractivity contribution in [2.75, 3.05) is 44.7 Å². The van der Waals surface area contributed by atoms with E-state index < -0.39 is 11.6 Å². The lowest BCUT2D eigenvalue weighted by molar-refractivity contribution is 0.00626. The number of methoxy groups -OCH3 is 1. The monoisotopic (exact) mass is 459 g/mol. The number of rotatable bonds is 3. The van der Waals surface area contributed by atoms with Gasteiger partial charge in [-0.3, -0.25) is 4.90 Å². The molecule has 1 aliphatic carbocycles. The number of hydrogen-bond acceptors (Lipinski definition) is 8. The van der Waals surface area contributed by atoms with E-state index in [0.717, 1.165) is 57.1 Å². The molecule has 4 rings (SSSR count). The molecule has 1 aromatic heterocycles. The first-order chi connectivity index (χ1) is 15.5. The van der Waals surface area contributed by atoms with Crippen LogP contribution in [-0.2, 0) is 9.47 Å². The molecule has 9 heteroatoms. The Hall–Kier alpha value is -2.42. The number of piperidine rings is 1. The molecule has 3 fully saturated rings. The number of carbonyl (C=O) groups is 2. The minimum absolute atomic E-state index is 0.145. The topological polar surface area (TPSA) is 88.1 Å². The highest BCUT2D eigenvalue weighted by molar-refractivity contribution is 5.87. The molecule has 0 bridgehead atoms. The maximum atomic E-state index is 12.4. The van der Waals surface area contributed by atoms with Gasteiger partial charge in [-0.05, 0) is 52.9 Å². The molecular weight excluding hydrogens is 422 g/mol. The van der Waals surface area contributed by atoms with Crippen LogP contribution in [-0.4, -0.2) is 88.8 Å². The fraction of sp³-hybridized carbons (Fsp3) is 0.750. The molecule has 1 aromatic rings. The molecule has 33 heavy (non-hydrogen) atoms. The van der Waals surface area contributed by atoms with Crippen LogP contribution in [0.25, 0.3) is 0 Å². The van der Waals surface area contributed by atoms with E-state index in [1.54, 1.807) is 0 Å². The largest absolute Gasteiger partial charge is 0.464 e. The van der Waals surface area contributed by atoms with Gasteiger partial charge in [-0.2, -0.15) is 0 Å². The number of aromatic nitrogens is 2. The van der Waals surface area contributed by atoms with E-state index in [4.69, 9.17) is 9.47 Å². The van der Waals surface area contributed by atoms with Gasteiger partial charge in [0.05, 0.1) is 19.0 Å². The molecule has 2 saturated heterocycles. The van der Waals surface area contributed by atoms with E-state index in [0.29, 0.717) is 12.0 Å². The number of piperazine rings is 1. The van der Waals surface area contributed by atoms with Crippen molar-refractivity contribution in [1.82, 2.24) is 19.8 Å². The Bertz CT molecular complexity index is 909. The summed E-state index contributed by atoms with van der Waals surface area (Å²) in [6.07, 6.45) is 4.42. The second kappa shape index (κ2) is 8.74. The Balaban J connectivity index is 1.41. The zero-order chi connectivity index (χ0) is 24.0. The van der Waals surface area contributed by atoms with Gasteiger partial charge >= 0.3 is 12.1 Å². The van der Waals surface area contributed by atoms with Crippen LogP contribution < -0.4 is 4.90 Å². The summed E-state index contributed by atoms with van der Waals surface area (Å²) in [6, 6.07) is 0.477. The van der Waals surface area contributed by atoms with Crippen LogP contribution in [0.2, 0.25) is 0 Å². The van der Waals surface area contributed by atoms with Gasteiger partial charge in [-0.25, -0.2) is 19.6 Å². The molecule has 0 N–H and O–H groups in total. The van der Waals surface area contributed by atoms with Crippen LogP contribution in [0.5, 0.6) is 0 Å². The number of amides is 1. The molecule has 2 atom stereocenters. The van der Waals surface area contributed by atoms with Gasteiger partial charge in [0.1, 0.15) is 11.4 Å². The number of likely N-dealkylation sites (tertiary alicyclic amines) is 1. The quantitative estimate of drug-likeness (QED) is 0.638. The van der Waals surface area contributed by atoms with Crippen molar-refractivity contribution in [1.29, 1.82) is 0 Å². The van der Waals surface area contributed by atoms with Crippen LogP contribution in [0.4, 0.5) is 10.6 Å². The van der Waals surface area contributed by atoms with Crippen molar-refractivity contribution >= 4 is 17.9 Å². The average Bonchev–Trinajstić information content (AvgIpc) is 3.40. The summed E-state index contributed by atoms with van der Waals surface area (Å²) in [6.45, 7) is 14.2. The molecule has 9 nitrogen and oxygen atoms in total. The molecule has 3 aliphatic rings. The third kappa shape index (κ3) is 4.78. The van der Waals surface area contributed by atoms with Crippen molar-refractivity contribution in [2.24, 2.45) is 5.92 Å². The summed E-state index contributed by atoms with van der Waals surface area (Å²) in [5.74, 6) is 0.999. The standard InChI is InChI=1S/C24H37N5O4/c1-16-13-24(16)15-28(20-17(2)26-19(14-25-20)21(30)32-6)11-12-29(24)18-7-9-27(10-8-18)22(31)33-23(3,4)5/h14,16,18H,7-13,15H2,1-6H3/t16-,24?/m1/s1. The summed E-state index contributed by atoms with van der Waals surface area (Å²) in [5.41, 5.74) is 0.670. The summed E-state index contributed by atoms with van der Waals surface area (Å²) in [7, 11) is 1.35. The molecule has 2 aliphatic heterocycles. The normalized spacial score (nSPS) is 26.4. The van der Waals surface area contributed by atoms with E-state index >= 15 is 0 Å². The van der Waals surface area contributed by atoms with Gasteiger partial charge in [0.25, 0.3) is 0 Å². The van der Waals surface area contributed by atoms with Crippen LogP contribution in [0.3, 0.4) is 0 Å². The fourth-order valence-corrected chi connectivity index (χ4v) is 5.45. The third-order valence-corrected chi connectivity index (χ3v) is 7.24. The van der Waals surface area contributed by atoms with Crippen LogP contribution in [0, 0.1) is 12.8 Å². The van der Waals surface area contributed by atoms with E-state index in [2.05, 4.69) is 26.7 Å². The first kappa shape index (κ1) is 23.7. The van der Waals surface area contributed by atoms with Crippen molar-refractivity contribution in [3.8, 4) is 0 Å². The zero-order valence-corrected chi connectivity index (χ0v) is 20.8. The van der Waals surface area contributed by atoms with Gasteiger partial charge in [-0.1, -0.05) is 6.92 Å². The first-order valence-electron chi connectivity index (χ1n) is 12.0. The van der Waals surface area contributed by atoms with Crippen molar-refractivity contribution in [3.63, 3.8) is 0 Å².